The topological polar surface area (TPSA) is 78.8 Å². The van der Waals surface area contributed by atoms with Gasteiger partial charge in [0.1, 0.15) is 0 Å². The van der Waals surface area contributed by atoms with Crippen LogP contribution in [0.25, 0.3) is 0 Å². The van der Waals surface area contributed by atoms with E-state index < -0.39 is 5.97 Å². The van der Waals surface area contributed by atoms with Crippen molar-refractivity contribution < 1.29 is 14.6 Å². The molecule has 2 saturated heterocycles. The van der Waals surface area contributed by atoms with Gasteiger partial charge in [-0.1, -0.05) is 30.3 Å². The molecular weight excluding hydrogens is 344 g/mol. The summed E-state index contributed by atoms with van der Waals surface area (Å²) in [7, 11) is 0. The summed E-state index contributed by atoms with van der Waals surface area (Å²) in [5.41, 5.74) is 2.09. The first-order valence-corrected chi connectivity index (χ1v) is 9.34. The maximum Gasteiger partial charge on any atom is 0.308 e. The number of carboxylic acids is 1. The van der Waals surface area contributed by atoms with Crippen LogP contribution < -0.4 is 4.90 Å². The third-order valence-electron chi connectivity index (χ3n) is 5.33. The van der Waals surface area contributed by atoms with Crippen molar-refractivity contribution in [2.24, 2.45) is 5.92 Å². The van der Waals surface area contributed by atoms with E-state index in [1.807, 2.05) is 42.7 Å². The quantitative estimate of drug-likeness (QED) is 0.859. The van der Waals surface area contributed by atoms with Gasteiger partial charge in [0.2, 0.25) is 5.95 Å². The Hall–Kier alpha value is -2.51. The maximum atomic E-state index is 11.7. The van der Waals surface area contributed by atoms with Gasteiger partial charge in [0, 0.05) is 56.6 Å². The van der Waals surface area contributed by atoms with Crippen molar-refractivity contribution in [2.45, 2.75) is 12.5 Å². The van der Waals surface area contributed by atoms with E-state index in [0.29, 0.717) is 26.3 Å². The van der Waals surface area contributed by atoms with E-state index in [-0.39, 0.29) is 11.8 Å². The minimum absolute atomic E-state index is 0.0113. The molecular formula is C20H24N4O3. The van der Waals surface area contributed by atoms with Crippen LogP contribution in [0.5, 0.6) is 0 Å². The van der Waals surface area contributed by atoms with Gasteiger partial charge in [-0.2, -0.15) is 0 Å². The van der Waals surface area contributed by atoms with Crippen LogP contribution in [0.3, 0.4) is 0 Å². The first-order valence-electron chi connectivity index (χ1n) is 9.34. The second-order valence-electron chi connectivity index (χ2n) is 7.15. The van der Waals surface area contributed by atoms with Gasteiger partial charge in [-0.3, -0.25) is 9.69 Å². The average molecular weight is 368 g/mol. The van der Waals surface area contributed by atoms with Gasteiger partial charge in [-0.15, -0.1) is 0 Å². The first-order chi connectivity index (χ1) is 13.2. The van der Waals surface area contributed by atoms with Gasteiger partial charge in [-0.25, -0.2) is 9.97 Å². The smallest absolute Gasteiger partial charge is 0.308 e. The summed E-state index contributed by atoms with van der Waals surface area (Å²) >= 11 is 0. The van der Waals surface area contributed by atoms with Crippen LogP contribution in [0.1, 0.15) is 17.0 Å². The lowest BCUT2D eigenvalue weighted by molar-refractivity contribution is -0.141. The predicted octanol–water partition coefficient (Wildman–Crippen LogP) is 1.61. The fourth-order valence-corrected chi connectivity index (χ4v) is 3.92. The van der Waals surface area contributed by atoms with E-state index in [2.05, 4.69) is 19.8 Å². The Labute approximate surface area is 158 Å². The molecule has 7 heteroatoms. The van der Waals surface area contributed by atoms with Crippen molar-refractivity contribution in [3.05, 3.63) is 53.9 Å². The van der Waals surface area contributed by atoms with Crippen LogP contribution >= 0.6 is 0 Å². The lowest BCUT2D eigenvalue weighted by atomic mass is 9.89. The van der Waals surface area contributed by atoms with E-state index >= 15 is 0 Å². The number of ether oxygens (including phenoxy) is 1. The zero-order chi connectivity index (χ0) is 18.6. The average Bonchev–Trinajstić information content (AvgIpc) is 3.14. The number of benzene rings is 1. The number of aliphatic carboxylic acids is 1. The summed E-state index contributed by atoms with van der Waals surface area (Å²) in [6, 6.07) is 9.93. The Bertz CT molecular complexity index is 763. The summed E-state index contributed by atoms with van der Waals surface area (Å²) in [6.07, 6.45) is 3.70. The van der Waals surface area contributed by atoms with Crippen LogP contribution in [-0.2, 0) is 16.1 Å². The Kier molecular flexibility index (Phi) is 5.31. The van der Waals surface area contributed by atoms with Gasteiger partial charge in [0.05, 0.1) is 19.1 Å². The molecule has 142 valence electrons. The summed E-state index contributed by atoms with van der Waals surface area (Å²) < 4.78 is 5.36. The molecule has 3 heterocycles. The third kappa shape index (κ3) is 4.09. The second kappa shape index (κ2) is 8.02. The number of carboxylic acid groups (broad SMARTS) is 1. The number of likely N-dealkylation sites (tertiary alicyclic amines) is 1. The van der Waals surface area contributed by atoms with Gasteiger partial charge < -0.3 is 14.7 Å². The van der Waals surface area contributed by atoms with Crippen LogP contribution in [0, 0.1) is 5.92 Å². The minimum Gasteiger partial charge on any atom is -0.481 e. The highest BCUT2D eigenvalue weighted by molar-refractivity contribution is 5.72. The summed E-state index contributed by atoms with van der Waals surface area (Å²) in [4.78, 5) is 25.0. The van der Waals surface area contributed by atoms with Crippen molar-refractivity contribution in [1.29, 1.82) is 0 Å². The van der Waals surface area contributed by atoms with Gasteiger partial charge >= 0.3 is 5.97 Å². The Morgan fingerprint density at radius 3 is 2.48 bits per heavy atom. The number of morpholine rings is 1. The molecule has 27 heavy (non-hydrogen) atoms. The number of carbonyl (C=O) groups is 1. The largest absolute Gasteiger partial charge is 0.481 e. The van der Waals surface area contributed by atoms with E-state index in [4.69, 9.17) is 4.74 Å². The van der Waals surface area contributed by atoms with E-state index in [9.17, 15) is 9.90 Å². The molecule has 2 atom stereocenters. The van der Waals surface area contributed by atoms with Crippen molar-refractivity contribution >= 4 is 11.9 Å². The molecule has 2 aromatic rings. The molecule has 0 unspecified atom stereocenters. The molecule has 0 radical (unpaired) electrons. The highest BCUT2D eigenvalue weighted by Gasteiger charge is 2.38. The van der Waals surface area contributed by atoms with Gasteiger partial charge in [0.15, 0.2) is 0 Å². The summed E-state index contributed by atoms with van der Waals surface area (Å²) in [5.74, 6) is -0.377. The number of hydrogen-bond donors (Lipinski definition) is 1. The third-order valence-corrected chi connectivity index (χ3v) is 5.33. The molecule has 0 spiro atoms. The summed E-state index contributed by atoms with van der Waals surface area (Å²) in [6.45, 7) is 4.96. The number of hydrogen-bond acceptors (Lipinski definition) is 6. The van der Waals surface area contributed by atoms with Crippen molar-refractivity contribution in [3.8, 4) is 0 Å². The molecule has 0 bridgehead atoms. The van der Waals surface area contributed by atoms with Crippen LogP contribution in [0.15, 0.2) is 42.7 Å². The molecule has 4 rings (SSSR count). The molecule has 7 nitrogen and oxygen atoms in total. The SMILES string of the molecule is O=C(O)[C@@H]1CN(Cc2cnc(N3CCOCC3)nc2)C[C@H]1c1ccccc1. The Morgan fingerprint density at radius 1 is 1.11 bits per heavy atom. The normalized spacial score (nSPS) is 23.5. The number of nitrogens with zero attached hydrogens (tertiary/aromatic N) is 4. The monoisotopic (exact) mass is 368 g/mol. The van der Waals surface area contributed by atoms with Crippen LogP contribution in [-0.4, -0.2) is 65.3 Å². The molecule has 2 aliphatic heterocycles. The predicted molar refractivity (Wildman–Crippen MR) is 101 cm³/mol. The molecule has 1 aromatic heterocycles. The van der Waals surface area contributed by atoms with E-state index in [1.165, 1.54) is 0 Å². The molecule has 0 aliphatic carbocycles. The fraction of sp³-hybridized carbons (Fsp3) is 0.450. The molecule has 1 N–H and O–H groups in total. The molecule has 1 aromatic carbocycles. The van der Waals surface area contributed by atoms with Crippen LogP contribution in [0.2, 0.25) is 0 Å². The molecule has 0 saturated carbocycles. The standard InChI is InChI=1S/C20H24N4O3/c25-19(26)18-14-23(13-17(18)16-4-2-1-3-5-16)12-15-10-21-20(22-11-15)24-6-8-27-9-7-24/h1-5,10-11,17-18H,6-9,12-14H2,(H,25,26)/t17-,18+/m0/s1. The number of aromatic nitrogens is 2. The Morgan fingerprint density at radius 2 is 1.81 bits per heavy atom. The van der Waals surface area contributed by atoms with Crippen molar-refractivity contribution in [2.75, 3.05) is 44.3 Å². The Balaban J connectivity index is 1.42. The molecule has 2 aliphatic rings. The number of anilines is 1. The lowest BCUT2D eigenvalue weighted by Gasteiger charge is -2.26. The second-order valence-corrected chi connectivity index (χ2v) is 7.15. The van der Waals surface area contributed by atoms with E-state index in [1.54, 1.807) is 0 Å². The van der Waals surface area contributed by atoms with Crippen molar-refractivity contribution in [1.82, 2.24) is 14.9 Å². The highest BCUT2D eigenvalue weighted by Crippen LogP contribution is 2.33. The fourth-order valence-electron chi connectivity index (χ4n) is 3.92. The zero-order valence-electron chi connectivity index (χ0n) is 15.2. The minimum atomic E-state index is -0.731. The maximum absolute atomic E-state index is 11.7. The van der Waals surface area contributed by atoms with Gasteiger partial charge in [-0.05, 0) is 5.56 Å². The number of rotatable bonds is 5. The zero-order valence-corrected chi connectivity index (χ0v) is 15.2. The highest BCUT2D eigenvalue weighted by atomic mass is 16.5. The van der Waals surface area contributed by atoms with Crippen LogP contribution in [0.4, 0.5) is 5.95 Å². The van der Waals surface area contributed by atoms with E-state index in [0.717, 1.165) is 36.7 Å². The molecule has 2 fully saturated rings. The molecule has 0 amide bonds. The summed E-state index contributed by atoms with van der Waals surface area (Å²) in [5, 5.41) is 9.64. The van der Waals surface area contributed by atoms with Gasteiger partial charge in [0.25, 0.3) is 0 Å². The first kappa shape index (κ1) is 17.9. The lowest BCUT2D eigenvalue weighted by Crippen LogP contribution is -2.37. The van der Waals surface area contributed by atoms with Crippen molar-refractivity contribution in [3.63, 3.8) is 0 Å².